The lowest BCUT2D eigenvalue weighted by molar-refractivity contribution is -0.0124. The Morgan fingerprint density at radius 1 is 1.20 bits per heavy atom. The zero-order valence-corrected chi connectivity index (χ0v) is 13.2. The van der Waals surface area contributed by atoms with E-state index in [2.05, 4.69) is 50.4 Å². The van der Waals surface area contributed by atoms with Gasteiger partial charge < -0.3 is 10.1 Å². The van der Waals surface area contributed by atoms with Gasteiger partial charge in [0, 0.05) is 6.61 Å². The van der Waals surface area contributed by atoms with Gasteiger partial charge in [-0.15, -0.1) is 0 Å². The van der Waals surface area contributed by atoms with Crippen LogP contribution in [-0.4, -0.2) is 18.8 Å². The van der Waals surface area contributed by atoms with Gasteiger partial charge in [0.15, 0.2) is 0 Å². The second-order valence-corrected chi connectivity index (χ2v) is 6.14. The highest BCUT2D eigenvalue weighted by molar-refractivity contribution is 5.27. The van der Waals surface area contributed by atoms with Gasteiger partial charge in [0.1, 0.15) is 0 Å². The molecule has 1 heterocycles. The van der Waals surface area contributed by atoms with Crippen LogP contribution >= 0.6 is 0 Å². The minimum Gasteiger partial charge on any atom is -0.373 e. The largest absolute Gasteiger partial charge is 0.373 e. The first-order valence-electron chi connectivity index (χ1n) is 8.16. The van der Waals surface area contributed by atoms with Crippen LogP contribution in [0.1, 0.15) is 63.6 Å². The molecule has 0 aromatic heterocycles. The molecule has 0 spiro atoms. The van der Waals surface area contributed by atoms with E-state index in [0.717, 1.165) is 26.0 Å². The molecule has 1 aromatic rings. The lowest BCUT2D eigenvalue weighted by Crippen LogP contribution is -2.41. The fourth-order valence-corrected chi connectivity index (χ4v) is 3.17. The number of rotatable bonds is 7. The second kappa shape index (κ2) is 7.24. The average Bonchev–Trinajstić information content (AvgIpc) is 2.89. The molecule has 1 N–H and O–H groups in total. The van der Waals surface area contributed by atoms with Crippen molar-refractivity contribution in [1.82, 2.24) is 5.32 Å². The van der Waals surface area contributed by atoms with Crippen LogP contribution in [0.5, 0.6) is 0 Å². The van der Waals surface area contributed by atoms with Crippen LogP contribution in [0.3, 0.4) is 0 Å². The van der Waals surface area contributed by atoms with Crippen molar-refractivity contribution in [2.45, 2.75) is 64.5 Å². The Morgan fingerprint density at radius 3 is 2.50 bits per heavy atom. The highest BCUT2D eigenvalue weighted by Crippen LogP contribution is 2.37. The molecule has 1 aliphatic rings. The summed E-state index contributed by atoms with van der Waals surface area (Å²) >= 11 is 0. The highest BCUT2D eigenvalue weighted by atomic mass is 16.5. The third kappa shape index (κ3) is 3.62. The van der Waals surface area contributed by atoms with Gasteiger partial charge in [-0.25, -0.2) is 0 Å². The summed E-state index contributed by atoms with van der Waals surface area (Å²) in [6, 6.07) is 9.42. The molecule has 2 atom stereocenters. The third-order valence-corrected chi connectivity index (χ3v) is 4.31. The lowest BCUT2D eigenvalue weighted by atomic mass is 9.87. The molecular formula is C18H29NO. The molecule has 1 aliphatic heterocycles. The van der Waals surface area contributed by atoms with Crippen LogP contribution in [0.4, 0.5) is 0 Å². The van der Waals surface area contributed by atoms with Crippen LogP contribution in [0.25, 0.3) is 0 Å². The molecule has 20 heavy (non-hydrogen) atoms. The van der Waals surface area contributed by atoms with Gasteiger partial charge in [0.25, 0.3) is 0 Å². The Kier molecular flexibility index (Phi) is 5.62. The van der Waals surface area contributed by atoms with Crippen molar-refractivity contribution in [3.05, 3.63) is 35.4 Å². The summed E-state index contributed by atoms with van der Waals surface area (Å²) in [6.07, 6.45) is 5.85. The maximum absolute atomic E-state index is 6.07. The monoisotopic (exact) mass is 275 g/mol. The number of nitrogens with one attached hydrogen (secondary N) is 1. The van der Waals surface area contributed by atoms with Crippen LogP contribution < -0.4 is 5.32 Å². The first-order valence-corrected chi connectivity index (χ1v) is 8.16. The summed E-state index contributed by atoms with van der Waals surface area (Å²) in [4.78, 5) is 0. The van der Waals surface area contributed by atoms with E-state index in [4.69, 9.17) is 4.74 Å². The van der Waals surface area contributed by atoms with Crippen LogP contribution in [-0.2, 0) is 11.2 Å². The van der Waals surface area contributed by atoms with Crippen molar-refractivity contribution in [3.63, 3.8) is 0 Å². The zero-order valence-electron chi connectivity index (χ0n) is 13.2. The average molecular weight is 275 g/mol. The van der Waals surface area contributed by atoms with Gasteiger partial charge in [-0.1, -0.05) is 44.5 Å². The first-order chi connectivity index (χ1) is 9.69. The van der Waals surface area contributed by atoms with Crippen LogP contribution in [0, 0.1) is 0 Å². The molecule has 0 radical (unpaired) electrons. The molecule has 2 heteroatoms. The highest BCUT2D eigenvalue weighted by Gasteiger charge is 2.38. The van der Waals surface area contributed by atoms with Gasteiger partial charge >= 0.3 is 0 Å². The number of aryl methyl sites for hydroxylation is 1. The summed E-state index contributed by atoms with van der Waals surface area (Å²) in [5.41, 5.74) is 2.74. The van der Waals surface area contributed by atoms with E-state index in [-0.39, 0.29) is 5.60 Å². The number of hydrogen-bond donors (Lipinski definition) is 1. The van der Waals surface area contributed by atoms with E-state index in [1.807, 2.05) is 0 Å². The first kappa shape index (κ1) is 15.5. The number of benzene rings is 1. The Morgan fingerprint density at radius 2 is 1.95 bits per heavy atom. The van der Waals surface area contributed by atoms with Crippen LogP contribution in [0.15, 0.2) is 24.3 Å². The molecular weight excluding hydrogens is 246 g/mol. The molecule has 0 amide bonds. The molecule has 0 aliphatic carbocycles. The van der Waals surface area contributed by atoms with E-state index in [1.165, 1.54) is 30.4 Å². The van der Waals surface area contributed by atoms with Gasteiger partial charge in [0.2, 0.25) is 0 Å². The Bertz CT molecular complexity index is 392. The third-order valence-electron chi connectivity index (χ3n) is 4.31. The molecule has 0 saturated carbocycles. The minimum absolute atomic E-state index is 0.0541. The van der Waals surface area contributed by atoms with E-state index in [1.54, 1.807) is 0 Å². The summed E-state index contributed by atoms with van der Waals surface area (Å²) in [5.74, 6) is 0. The predicted molar refractivity (Wildman–Crippen MR) is 85.1 cm³/mol. The lowest BCUT2D eigenvalue weighted by Gasteiger charge is -2.34. The quantitative estimate of drug-likeness (QED) is 0.803. The topological polar surface area (TPSA) is 21.3 Å². The Hall–Kier alpha value is -0.860. The molecule has 0 bridgehead atoms. The maximum Gasteiger partial charge on any atom is 0.0849 e. The normalized spacial score (nSPS) is 23.9. The maximum atomic E-state index is 6.07. The van der Waals surface area contributed by atoms with Gasteiger partial charge in [-0.05, 0) is 50.3 Å². The molecule has 2 nitrogen and oxygen atoms in total. The van der Waals surface area contributed by atoms with Crippen molar-refractivity contribution in [3.8, 4) is 0 Å². The summed E-state index contributed by atoms with van der Waals surface area (Å²) in [5, 5.41) is 3.69. The standard InChI is InChI=1S/C18H29NO/c1-4-7-15-8-10-16(11-9-15)17(19-13-5-2)18(3)12-6-14-20-18/h8-11,17,19H,4-7,12-14H2,1-3H3. The summed E-state index contributed by atoms with van der Waals surface area (Å²) in [6.45, 7) is 8.64. The molecule has 1 aromatic carbocycles. The van der Waals surface area contributed by atoms with Gasteiger partial charge in [-0.3, -0.25) is 0 Å². The minimum atomic E-state index is -0.0541. The van der Waals surface area contributed by atoms with E-state index >= 15 is 0 Å². The molecule has 1 saturated heterocycles. The summed E-state index contributed by atoms with van der Waals surface area (Å²) in [7, 11) is 0. The van der Waals surface area contributed by atoms with Crippen molar-refractivity contribution in [2.24, 2.45) is 0 Å². The van der Waals surface area contributed by atoms with E-state index < -0.39 is 0 Å². The summed E-state index contributed by atoms with van der Waals surface area (Å²) < 4.78 is 6.07. The van der Waals surface area contributed by atoms with Crippen molar-refractivity contribution in [1.29, 1.82) is 0 Å². The van der Waals surface area contributed by atoms with E-state index in [0.29, 0.717) is 6.04 Å². The molecule has 2 unspecified atom stereocenters. The van der Waals surface area contributed by atoms with Gasteiger partial charge in [0.05, 0.1) is 11.6 Å². The predicted octanol–water partition coefficient (Wildman–Crippen LogP) is 4.25. The number of ether oxygens (including phenoxy) is 1. The fourth-order valence-electron chi connectivity index (χ4n) is 3.17. The van der Waals surface area contributed by atoms with Gasteiger partial charge in [-0.2, -0.15) is 0 Å². The Balaban J connectivity index is 2.16. The van der Waals surface area contributed by atoms with Crippen LogP contribution in [0.2, 0.25) is 0 Å². The molecule has 2 rings (SSSR count). The van der Waals surface area contributed by atoms with Crippen molar-refractivity contribution < 1.29 is 4.74 Å². The zero-order chi connectivity index (χ0) is 14.4. The SMILES string of the molecule is CCCNC(c1ccc(CCC)cc1)C1(C)CCCO1. The van der Waals surface area contributed by atoms with Crippen molar-refractivity contribution in [2.75, 3.05) is 13.2 Å². The van der Waals surface area contributed by atoms with E-state index in [9.17, 15) is 0 Å². The smallest absolute Gasteiger partial charge is 0.0849 e. The Labute approximate surface area is 123 Å². The fraction of sp³-hybridized carbons (Fsp3) is 0.667. The molecule has 112 valence electrons. The molecule has 1 fully saturated rings. The van der Waals surface area contributed by atoms with Crippen molar-refractivity contribution >= 4 is 0 Å². The number of hydrogen-bond acceptors (Lipinski definition) is 2. The second-order valence-electron chi connectivity index (χ2n) is 6.14.